The summed E-state index contributed by atoms with van der Waals surface area (Å²) in [7, 11) is 1.39. The number of furan rings is 1. The van der Waals surface area contributed by atoms with E-state index in [-0.39, 0.29) is 38.4 Å². The second kappa shape index (κ2) is 9.83. The molecule has 2 heterocycles. The molecular formula is C20H16N2O9S2. The number of methoxy groups -OCH3 is 1. The molecule has 0 unspecified atom stereocenters. The Bertz CT molecular complexity index is 1190. The van der Waals surface area contributed by atoms with Crippen molar-refractivity contribution in [3.8, 4) is 17.1 Å². The third-order valence-electron chi connectivity index (χ3n) is 4.62. The molecule has 1 aliphatic rings. The van der Waals surface area contributed by atoms with E-state index in [9.17, 15) is 29.6 Å². The van der Waals surface area contributed by atoms with Gasteiger partial charge in [0.1, 0.15) is 27.6 Å². The molecule has 1 aromatic heterocycles. The van der Waals surface area contributed by atoms with E-state index < -0.39 is 35.2 Å². The van der Waals surface area contributed by atoms with Crippen LogP contribution in [0.1, 0.15) is 18.6 Å². The summed E-state index contributed by atoms with van der Waals surface area (Å²) in [6.45, 7) is 0. The maximum atomic E-state index is 12.8. The van der Waals surface area contributed by atoms with Crippen LogP contribution in [-0.2, 0) is 14.4 Å². The van der Waals surface area contributed by atoms with Gasteiger partial charge in [0.15, 0.2) is 0 Å². The molecule has 1 fully saturated rings. The van der Waals surface area contributed by atoms with Crippen molar-refractivity contribution in [1.29, 1.82) is 0 Å². The molecule has 1 saturated heterocycles. The number of ether oxygens (including phenoxy) is 1. The molecular weight excluding hydrogens is 476 g/mol. The molecule has 0 aliphatic carbocycles. The summed E-state index contributed by atoms with van der Waals surface area (Å²) in [6.07, 6.45) is 0.583. The summed E-state index contributed by atoms with van der Waals surface area (Å²) in [6, 6.07) is 5.83. The molecule has 172 valence electrons. The number of nitro benzene ring substituents is 1. The van der Waals surface area contributed by atoms with Crippen LogP contribution in [0, 0.1) is 10.1 Å². The lowest BCUT2D eigenvalue weighted by Crippen LogP contribution is -2.44. The third kappa shape index (κ3) is 5.21. The Balaban J connectivity index is 1.88. The summed E-state index contributed by atoms with van der Waals surface area (Å²) in [5, 5.41) is 29.7. The lowest BCUT2D eigenvalue weighted by Gasteiger charge is -2.22. The van der Waals surface area contributed by atoms with Gasteiger partial charge in [-0.1, -0.05) is 24.0 Å². The first kappa shape index (κ1) is 23.9. The Morgan fingerprint density at radius 3 is 2.67 bits per heavy atom. The van der Waals surface area contributed by atoms with Crippen molar-refractivity contribution in [2.45, 2.75) is 18.9 Å². The highest BCUT2D eigenvalue weighted by molar-refractivity contribution is 8.26. The van der Waals surface area contributed by atoms with Gasteiger partial charge in [-0.05, 0) is 30.7 Å². The molecule has 33 heavy (non-hydrogen) atoms. The zero-order chi connectivity index (χ0) is 24.3. The van der Waals surface area contributed by atoms with Crippen molar-refractivity contribution in [3.63, 3.8) is 0 Å². The Kier molecular flexibility index (Phi) is 7.13. The van der Waals surface area contributed by atoms with E-state index >= 15 is 0 Å². The molecule has 2 aromatic rings. The van der Waals surface area contributed by atoms with Crippen molar-refractivity contribution in [2.75, 3.05) is 7.11 Å². The monoisotopic (exact) mass is 492 g/mol. The zero-order valence-corrected chi connectivity index (χ0v) is 18.6. The Morgan fingerprint density at radius 1 is 1.33 bits per heavy atom. The van der Waals surface area contributed by atoms with Crippen molar-refractivity contribution in [3.05, 3.63) is 51.1 Å². The summed E-state index contributed by atoms with van der Waals surface area (Å²) in [5.41, 5.74) is -0.0306. The minimum Gasteiger partial charge on any atom is -0.497 e. The number of hydrogen-bond donors (Lipinski definition) is 2. The maximum absolute atomic E-state index is 12.8. The predicted molar refractivity (Wildman–Crippen MR) is 121 cm³/mol. The molecule has 0 spiro atoms. The average Bonchev–Trinajstić information content (AvgIpc) is 3.32. The first-order chi connectivity index (χ1) is 15.6. The largest absolute Gasteiger partial charge is 0.497 e. The molecule has 1 aliphatic heterocycles. The van der Waals surface area contributed by atoms with Crippen LogP contribution in [0.3, 0.4) is 0 Å². The molecule has 11 nitrogen and oxygen atoms in total. The molecule has 1 aromatic carbocycles. The number of thioether (sulfide) groups is 1. The number of thiocarbonyl (C=S) groups is 1. The molecule has 0 radical (unpaired) electrons. The Hall–Kier alpha value is -3.71. The van der Waals surface area contributed by atoms with Crippen molar-refractivity contribution >= 4 is 57.9 Å². The number of amides is 1. The number of nitrogens with zero attached hydrogens (tertiary/aromatic N) is 2. The molecule has 1 atom stereocenters. The van der Waals surface area contributed by atoms with E-state index in [0.29, 0.717) is 5.75 Å². The van der Waals surface area contributed by atoms with Crippen molar-refractivity contribution in [1.82, 2.24) is 4.90 Å². The lowest BCUT2D eigenvalue weighted by atomic mass is 10.1. The van der Waals surface area contributed by atoms with Crippen LogP contribution >= 0.6 is 24.0 Å². The number of rotatable bonds is 9. The molecule has 13 heteroatoms. The molecule has 3 rings (SSSR count). The lowest BCUT2D eigenvalue weighted by molar-refractivity contribution is -0.384. The third-order valence-corrected chi connectivity index (χ3v) is 5.95. The second-order valence-corrected chi connectivity index (χ2v) is 8.36. The quantitative estimate of drug-likeness (QED) is 0.228. The van der Waals surface area contributed by atoms with Crippen LogP contribution in [0.4, 0.5) is 5.69 Å². The highest BCUT2D eigenvalue weighted by Gasteiger charge is 2.40. The first-order valence-electron chi connectivity index (χ1n) is 9.26. The van der Waals surface area contributed by atoms with Crippen LogP contribution in [-0.4, -0.2) is 55.4 Å². The summed E-state index contributed by atoms with van der Waals surface area (Å²) in [5.74, 6) is -2.60. The molecule has 2 N–H and O–H groups in total. The van der Waals surface area contributed by atoms with Gasteiger partial charge in [-0.2, -0.15) is 0 Å². The predicted octanol–water partition coefficient (Wildman–Crippen LogP) is 3.38. The number of aliphatic carboxylic acids is 2. The van der Waals surface area contributed by atoms with E-state index in [0.717, 1.165) is 16.7 Å². The zero-order valence-electron chi connectivity index (χ0n) is 16.9. The average molecular weight is 492 g/mol. The number of carbonyl (C=O) groups is 3. The van der Waals surface area contributed by atoms with Crippen LogP contribution in [0.5, 0.6) is 5.75 Å². The van der Waals surface area contributed by atoms with Crippen LogP contribution in [0.15, 0.2) is 39.7 Å². The maximum Gasteiger partial charge on any atom is 0.326 e. The van der Waals surface area contributed by atoms with Gasteiger partial charge in [-0.25, -0.2) is 4.79 Å². The number of benzene rings is 1. The van der Waals surface area contributed by atoms with Gasteiger partial charge in [-0.3, -0.25) is 24.6 Å². The van der Waals surface area contributed by atoms with Crippen LogP contribution < -0.4 is 4.74 Å². The number of carboxylic acids is 2. The Labute approximate surface area is 195 Å². The summed E-state index contributed by atoms with van der Waals surface area (Å²) in [4.78, 5) is 47.0. The highest BCUT2D eigenvalue weighted by Crippen LogP contribution is 2.37. The summed E-state index contributed by atoms with van der Waals surface area (Å²) >= 11 is 5.98. The van der Waals surface area contributed by atoms with Gasteiger partial charge in [0.25, 0.3) is 11.6 Å². The molecule has 0 bridgehead atoms. The van der Waals surface area contributed by atoms with Crippen molar-refractivity contribution < 1.29 is 38.7 Å². The van der Waals surface area contributed by atoms with E-state index in [1.807, 2.05) is 0 Å². The van der Waals surface area contributed by atoms with Gasteiger partial charge in [0.2, 0.25) is 0 Å². The van der Waals surface area contributed by atoms with Crippen LogP contribution in [0.25, 0.3) is 17.4 Å². The van der Waals surface area contributed by atoms with E-state index in [2.05, 4.69) is 0 Å². The number of hydrogen-bond acceptors (Lipinski definition) is 9. The smallest absolute Gasteiger partial charge is 0.326 e. The highest BCUT2D eigenvalue weighted by atomic mass is 32.2. The molecule has 1 amide bonds. The van der Waals surface area contributed by atoms with E-state index in [1.54, 1.807) is 6.07 Å². The number of carbonyl (C=O) groups excluding carboxylic acids is 1. The van der Waals surface area contributed by atoms with E-state index in [1.165, 1.54) is 37.5 Å². The topological polar surface area (TPSA) is 160 Å². The summed E-state index contributed by atoms with van der Waals surface area (Å²) < 4.78 is 10.6. The van der Waals surface area contributed by atoms with Gasteiger partial charge in [0, 0.05) is 12.5 Å². The van der Waals surface area contributed by atoms with Gasteiger partial charge in [-0.15, -0.1) is 0 Å². The fourth-order valence-corrected chi connectivity index (χ4v) is 4.41. The minimum atomic E-state index is -1.42. The molecule has 0 saturated carbocycles. The SMILES string of the molecule is COc1ccc(-c2ccc(/C=C3/SC(=S)N([C@H](CCC(=O)O)C(=O)O)C3=O)o2)c([N+](=O)[O-])c1. The number of carboxylic acid groups (broad SMARTS) is 2. The van der Waals surface area contributed by atoms with Crippen molar-refractivity contribution in [2.24, 2.45) is 0 Å². The first-order valence-corrected chi connectivity index (χ1v) is 10.5. The minimum absolute atomic E-state index is 0.0263. The standard InChI is InChI=1S/C20H16N2O9S2/c1-30-10-2-4-12(14(8-10)22(28)29)15-6-3-11(31-15)9-16-18(25)21(20(32)33-16)13(19(26)27)5-7-17(23)24/h2-4,6,8-9,13H,5,7H2,1H3,(H,23,24)(H,26,27)/b16-9+/t13-/m1/s1. The van der Waals surface area contributed by atoms with Crippen LogP contribution in [0.2, 0.25) is 0 Å². The second-order valence-electron chi connectivity index (χ2n) is 6.68. The van der Waals surface area contributed by atoms with E-state index in [4.69, 9.17) is 26.5 Å². The Morgan fingerprint density at radius 2 is 2.06 bits per heavy atom. The van der Waals surface area contributed by atoms with Gasteiger partial charge >= 0.3 is 11.9 Å². The fraction of sp³-hybridized carbons (Fsp3) is 0.200. The van der Waals surface area contributed by atoms with Gasteiger partial charge < -0.3 is 19.4 Å². The normalized spacial score (nSPS) is 15.7. The number of nitro groups is 1. The van der Waals surface area contributed by atoms with Gasteiger partial charge in [0.05, 0.1) is 28.6 Å². The fourth-order valence-electron chi connectivity index (χ4n) is 3.07.